The largest absolute Gasteiger partial charge is 0.392 e. The zero-order valence-electron chi connectivity index (χ0n) is 9.36. The van der Waals surface area contributed by atoms with Crippen molar-refractivity contribution in [2.24, 2.45) is 0 Å². The molecule has 1 aromatic carbocycles. The van der Waals surface area contributed by atoms with Crippen molar-refractivity contribution in [3.05, 3.63) is 47.0 Å². The maximum absolute atomic E-state index is 9.41. The minimum atomic E-state index is -0.650. The molecule has 0 saturated heterocycles. The summed E-state index contributed by atoms with van der Waals surface area (Å²) in [7, 11) is 0. The van der Waals surface area contributed by atoms with E-state index in [4.69, 9.17) is 9.78 Å². The lowest BCUT2D eigenvalue weighted by Crippen LogP contribution is -2.47. The average molecular weight is 218 g/mol. The number of hydrogen-bond donors (Lipinski definition) is 1. The van der Waals surface area contributed by atoms with E-state index in [1.807, 2.05) is 44.2 Å². The van der Waals surface area contributed by atoms with Gasteiger partial charge < -0.3 is 5.11 Å². The monoisotopic (exact) mass is 218 g/mol. The fourth-order valence-electron chi connectivity index (χ4n) is 2.59. The van der Waals surface area contributed by atoms with Crippen LogP contribution in [0.2, 0.25) is 0 Å². The van der Waals surface area contributed by atoms with Gasteiger partial charge in [0.15, 0.2) is 0 Å². The highest BCUT2D eigenvalue weighted by Gasteiger charge is 2.51. The van der Waals surface area contributed by atoms with Gasteiger partial charge >= 0.3 is 0 Å². The van der Waals surface area contributed by atoms with Crippen molar-refractivity contribution in [3.63, 3.8) is 0 Å². The Morgan fingerprint density at radius 2 is 1.81 bits per heavy atom. The van der Waals surface area contributed by atoms with Crippen molar-refractivity contribution >= 4 is 0 Å². The highest BCUT2D eigenvalue weighted by molar-refractivity contribution is 5.50. The highest BCUT2D eigenvalue weighted by atomic mass is 17.2. The van der Waals surface area contributed by atoms with Crippen LogP contribution < -0.4 is 0 Å². The minimum Gasteiger partial charge on any atom is -0.392 e. The molecule has 1 N–H and O–H groups in total. The van der Waals surface area contributed by atoms with Gasteiger partial charge in [-0.05, 0) is 36.6 Å². The molecule has 2 atom stereocenters. The molecule has 0 aromatic heterocycles. The molecule has 2 aliphatic heterocycles. The van der Waals surface area contributed by atoms with Gasteiger partial charge in [-0.1, -0.05) is 24.3 Å². The summed E-state index contributed by atoms with van der Waals surface area (Å²) in [5, 5.41) is 9.41. The van der Waals surface area contributed by atoms with Crippen molar-refractivity contribution in [2.45, 2.75) is 25.0 Å². The Labute approximate surface area is 94.2 Å². The topological polar surface area (TPSA) is 38.7 Å². The van der Waals surface area contributed by atoms with Gasteiger partial charge in [0.25, 0.3) is 0 Å². The molecule has 2 unspecified atom stereocenters. The van der Waals surface area contributed by atoms with Crippen LogP contribution in [0.4, 0.5) is 0 Å². The van der Waals surface area contributed by atoms with Crippen LogP contribution in [0, 0.1) is 0 Å². The zero-order chi connectivity index (χ0) is 11.4. The second kappa shape index (κ2) is 2.94. The smallest absolute Gasteiger partial charge is 0.149 e. The Morgan fingerprint density at radius 1 is 1.12 bits per heavy atom. The Kier molecular flexibility index (Phi) is 1.84. The van der Waals surface area contributed by atoms with Crippen LogP contribution in [-0.2, 0) is 21.0 Å². The normalized spacial score (nSPS) is 35.8. The molecular weight excluding hydrogens is 204 g/mol. The minimum absolute atomic E-state index is 0.0101. The molecule has 3 heteroatoms. The fraction of sp³-hybridized carbons (Fsp3) is 0.385. The molecule has 84 valence electrons. The molecule has 16 heavy (non-hydrogen) atoms. The second-order valence-electron chi connectivity index (χ2n) is 4.68. The molecule has 2 heterocycles. The summed E-state index contributed by atoms with van der Waals surface area (Å²) in [5.74, 6) is 0. The van der Waals surface area contributed by atoms with Gasteiger partial charge in [-0.3, -0.25) is 0 Å². The first-order valence-electron chi connectivity index (χ1n) is 5.40. The van der Waals surface area contributed by atoms with E-state index >= 15 is 0 Å². The van der Waals surface area contributed by atoms with Gasteiger partial charge in [0.2, 0.25) is 0 Å². The first-order valence-corrected chi connectivity index (χ1v) is 5.40. The molecule has 0 fully saturated rings. The predicted octanol–water partition coefficient (Wildman–Crippen LogP) is 2.01. The summed E-state index contributed by atoms with van der Waals surface area (Å²) in [5.41, 5.74) is 1.83. The molecular formula is C13H14O3. The number of aliphatic hydroxyl groups is 1. The van der Waals surface area contributed by atoms with E-state index < -0.39 is 11.2 Å². The van der Waals surface area contributed by atoms with Crippen molar-refractivity contribution in [2.75, 3.05) is 6.61 Å². The zero-order valence-corrected chi connectivity index (χ0v) is 9.36. The van der Waals surface area contributed by atoms with E-state index in [0.29, 0.717) is 0 Å². The molecule has 0 spiro atoms. The van der Waals surface area contributed by atoms with Crippen LogP contribution in [0.1, 0.15) is 25.0 Å². The van der Waals surface area contributed by atoms with Crippen molar-refractivity contribution < 1.29 is 14.9 Å². The van der Waals surface area contributed by atoms with Crippen molar-refractivity contribution in [1.29, 1.82) is 0 Å². The van der Waals surface area contributed by atoms with Gasteiger partial charge in [0.1, 0.15) is 11.2 Å². The van der Waals surface area contributed by atoms with Crippen LogP contribution in [-0.4, -0.2) is 11.7 Å². The Bertz CT molecular complexity index is 480. The van der Waals surface area contributed by atoms with Gasteiger partial charge in [0.05, 0.1) is 6.61 Å². The lowest BCUT2D eigenvalue weighted by Gasteiger charge is -2.48. The molecule has 2 bridgehead atoms. The third-order valence-electron chi connectivity index (χ3n) is 3.59. The Morgan fingerprint density at radius 3 is 2.50 bits per heavy atom. The molecule has 0 amide bonds. The standard InChI is InChI=1S/C13H14O3/c1-12-7-9(8-14)13(2,16-15-12)11-6-4-3-5-10(11)12/h3-7,14H,8H2,1-2H3. The van der Waals surface area contributed by atoms with Gasteiger partial charge in [-0.2, -0.15) is 0 Å². The highest BCUT2D eigenvalue weighted by Crippen LogP contribution is 2.51. The van der Waals surface area contributed by atoms with E-state index in [0.717, 1.165) is 16.7 Å². The van der Waals surface area contributed by atoms with Crippen molar-refractivity contribution in [3.8, 4) is 0 Å². The van der Waals surface area contributed by atoms with Crippen LogP contribution in [0.25, 0.3) is 0 Å². The van der Waals surface area contributed by atoms with E-state index in [1.165, 1.54) is 0 Å². The third-order valence-corrected chi connectivity index (χ3v) is 3.59. The Hall–Kier alpha value is -1.16. The number of aliphatic hydroxyl groups excluding tert-OH is 1. The molecule has 4 rings (SSSR count). The number of hydrogen-bond acceptors (Lipinski definition) is 3. The van der Waals surface area contributed by atoms with Gasteiger partial charge in [-0.15, -0.1) is 0 Å². The lowest BCUT2D eigenvalue weighted by molar-refractivity contribution is -0.419. The number of rotatable bonds is 1. The molecule has 0 saturated carbocycles. The number of fused-ring (bicyclic) bond motifs is 1. The summed E-state index contributed by atoms with van der Waals surface area (Å²) >= 11 is 0. The molecule has 3 nitrogen and oxygen atoms in total. The summed E-state index contributed by atoms with van der Waals surface area (Å²) in [6.45, 7) is 3.86. The molecule has 3 aliphatic rings. The van der Waals surface area contributed by atoms with Crippen LogP contribution in [0.5, 0.6) is 0 Å². The average Bonchev–Trinajstić information content (AvgIpc) is 2.32. The maximum Gasteiger partial charge on any atom is 0.149 e. The quantitative estimate of drug-likeness (QED) is 0.579. The van der Waals surface area contributed by atoms with Gasteiger partial charge in [0, 0.05) is 0 Å². The first-order chi connectivity index (χ1) is 7.60. The molecule has 0 radical (unpaired) electrons. The van der Waals surface area contributed by atoms with Crippen LogP contribution >= 0.6 is 0 Å². The third kappa shape index (κ3) is 1.03. The van der Waals surface area contributed by atoms with E-state index in [1.54, 1.807) is 0 Å². The maximum atomic E-state index is 9.41. The summed E-state index contributed by atoms with van der Waals surface area (Å²) in [6, 6.07) is 8.04. The van der Waals surface area contributed by atoms with Crippen LogP contribution in [0.15, 0.2) is 35.9 Å². The second-order valence-corrected chi connectivity index (χ2v) is 4.68. The molecule has 1 aromatic rings. The Balaban J connectivity index is 2.31. The molecule has 1 aliphatic carbocycles. The summed E-state index contributed by atoms with van der Waals surface area (Å²) < 4.78 is 0. The van der Waals surface area contributed by atoms with E-state index in [9.17, 15) is 5.11 Å². The first kappa shape index (κ1) is 10.0. The van der Waals surface area contributed by atoms with Crippen molar-refractivity contribution in [1.82, 2.24) is 0 Å². The van der Waals surface area contributed by atoms with Crippen LogP contribution in [0.3, 0.4) is 0 Å². The van der Waals surface area contributed by atoms with Gasteiger partial charge in [-0.25, -0.2) is 9.78 Å². The lowest BCUT2D eigenvalue weighted by atomic mass is 9.72. The van der Waals surface area contributed by atoms with E-state index in [-0.39, 0.29) is 6.61 Å². The number of benzene rings is 1. The summed E-state index contributed by atoms with van der Waals surface area (Å²) in [6.07, 6.45) is 1.96. The van der Waals surface area contributed by atoms with E-state index in [2.05, 4.69) is 0 Å². The SMILES string of the molecule is CC12C=C(CO)C(C)(OO1)c1ccccc12. The summed E-state index contributed by atoms with van der Waals surface area (Å²) in [4.78, 5) is 10.9. The predicted molar refractivity (Wildman–Crippen MR) is 58.5 cm³/mol. The fourth-order valence-corrected chi connectivity index (χ4v) is 2.59.